The first-order valence-corrected chi connectivity index (χ1v) is 9.93. The highest BCUT2D eigenvalue weighted by atomic mass is 31.2. The van der Waals surface area contributed by atoms with Crippen molar-refractivity contribution in [2.24, 2.45) is 4.99 Å². The summed E-state index contributed by atoms with van der Waals surface area (Å²) in [5.74, 6) is -0.324. The van der Waals surface area contributed by atoms with E-state index in [2.05, 4.69) is 14.5 Å². The van der Waals surface area contributed by atoms with Crippen molar-refractivity contribution < 1.29 is 38.3 Å². The van der Waals surface area contributed by atoms with Crippen LogP contribution >= 0.6 is 15.4 Å². The first kappa shape index (κ1) is 20.9. The Labute approximate surface area is 138 Å². The molecule has 0 amide bonds. The lowest BCUT2D eigenvalue weighted by molar-refractivity contribution is 0.188. The molecule has 10 nitrogen and oxygen atoms in total. The monoisotopic (exact) mass is 382 g/mol. The zero-order chi connectivity index (χ0) is 18.8. The minimum Gasteiger partial charge on any atom is -0.505 e. The van der Waals surface area contributed by atoms with Gasteiger partial charge < -0.3 is 24.7 Å². The van der Waals surface area contributed by atoms with Gasteiger partial charge in [-0.1, -0.05) is 6.92 Å². The third kappa shape index (κ3) is 5.19. The van der Waals surface area contributed by atoms with E-state index >= 15 is 0 Å². The number of rotatable bonds is 7. The van der Waals surface area contributed by atoms with Crippen LogP contribution in [0.2, 0.25) is 0 Å². The second-order valence-electron chi connectivity index (χ2n) is 5.27. The molecule has 1 heterocycles. The van der Waals surface area contributed by atoms with Gasteiger partial charge in [-0.2, -0.15) is 0 Å². The van der Waals surface area contributed by atoms with Crippen molar-refractivity contribution in [1.29, 1.82) is 0 Å². The second kappa shape index (κ2) is 7.41. The molecule has 0 fully saturated rings. The first-order valence-electron chi connectivity index (χ1n) is 6.79. The van der Waals surface area contributed by atoms with Crippen LogP contribution in [0, 0.1) is 6.92 Å². The van der Waals surface area contributed by atoms with Gasteiger partial charge in [0.25, 0.3) is 0 Å². The quantitative estimate of drug-likeness (QED) is 0.346. The van der Waals surface area contributed by atoms with Crippen molar-refractivity contribution in [2.45, 2.75) is 39.1 Å². The molecule has 1 aromatic rings. The molecule has 0 saturated heterocycles. The number of nitrogens with zero attached hydrogens (tertiary/aromatic N) is 2. The van der Waals surface area contributed by atoms with Crippen LogP contribution in [0.5, 0.6) is 5.75 Å². The fourth-order valence-electron chi connectivity index (χ4n) is 1.64. The Kier molecular flexibility index (Phi) is 6.46. The zero-order valence-corrected chi connectivity index (χ0v) is 15.1. The third-order valence-electron chi connectivity index (χ3n) is 3.52. The molecule has 24 heavy (non-hydrogen) atoms. The van der Waals surface area contributed by atoms with Crippen molar-refractivity contribution >= 4 is 21.6 Å². The van der Waals surface area contributed by atoms with Crippen LogP contribution in [-0.2, 0) is 20.3 Å². The van der Waals surface area contributed by atoms with Crippen molar-refractivity contribution in [1.82, 2.24) is 4.98 Å². The Balaban J connectivity index is 3.31. The minimum absolute atomic E-state index is 0.0177. The van der Waals surface area contributed by atoms with E-state index in [9.17, 15) is 24.0 Å². The highest BCUT2D eigenvalue weighted by molar-refractivity contribution is 7.53. The number of aryl methyl sites for hydroxylation is 1. The largest absolute Gasteiger partial charge is 0.505 e. The average molecular weight is 382 g/mol. The van der Waals surface area contributed by atoms with Crippen LogP contribution < -0.4 is 0 Å². The van der Waals surface area contributed by atoms with Crippen molar-refractivity contribution in [2.75, 3.05) is 0 Å². The molecule has 0 aromatic carbocycles. The molecular formula is C12H20N2O8P2. The number of pyridine rings is 1. The molecule has 1 rings (SSSR count). The van der Waals surface area contributed by atoms with E-state index < -0.39 is 27.3 Å². The molecule has 0 aliphatic heterocycles. The van der Waals surface area contributed by atoms with Crippen molar-refractivity contribution in [3.63, 3.8) is 0 Å². The summed E-state index contributed by atoms with van der Waals surface area (Å²) in [6, 6.07) is 0. The van der Waals surface area contributed by atoms with E-state index in [-0.39, 0.29) is 29.0 Å². The van der Waals surface area contributed by atoms with Crippen LogP contribution in [0.1, 0.15) is 37.1 Å². The molecule has 1 unspecified atom stereocenters. The Morgan fingerprint density at radius 3 is 2.38 bits per heavy atom. The molecule has 0 saturated carbocycles. The zero-order valence-electron chi connectivity index (χ0n) is 13.3. The fraction of sp³-hybridized carbons (Fsp3) is 0.500. The highest BCUT2D eigenvalue weighted by Gasteiger charge is 2.40. The molecule has 5 N–H and O–H groups in total. The molecule has 0 radical (unpaired) electrons. The van der Waals surface area contributed by atoms with Gasteiger partial charge in [-0.05, 0) is 20.3 Å². The molecule has 0 spiro atoms. The standard InChI is InChI=1S/C12H20N2O8P2/c1-4-12(3,23(16,17)18)14-6-10-9(7-22-24(19,20)21)5-13-8(2)11(10)15/h5-6,15H,4,7H2,1-3H3,(H2,16,17,18)(H2,19,20,21). The van der Waals surface area contributed by atoms with Gasteiger partial charge in [-0.25, -0.2) is 4.57 Å². The van der Waals surface area contributed by atoms with Crippen LogP contribution in [0.25, 0.3) is 0 Å². The summed E-state index contributed by atoms with van der Waals surface area (Å²) < 4.78 is 26.8. The summed E-state index contributed by atoms with van der Waals surface area (Å²) in [5.41, 5.74) is 0.337. The number of aromatic hydroxyl groups is 1. The van der Waals surface area contributed by atoms with E-state index in [0.717, 1.165) is 6.21 Å². The van der Waals surface area contributed by atoms with Gasteiger partial charge in [0.15, 0.2) is 5.28 Å². The van der Waals surface area contributed by atoms with E-state index in [1.807, 2.05) is 0 Å². The molecule has 136 valence electrons. The van der Waals surface area contributed by atoms with E-state index in [0.29, 0.717) is 0 Å². The second-order valence-corrected chi connectivity index (χ2v) is 8.56. The van der Waals surface area contributed by atoms with Crippen LogP contribution in [0.4, 0.5) is 0 Å². The highest BCUT2D eigenvalue weighted by Crippen LogP contribution is 2.53. The Bertz CT molecular complexity index is 726. The maximum atomic E-state index is 11.6. The summed E-state index contributed by atoms with van der Waals surface area (Å²) in [6.45, 7) is 3.74. The Morgan fingerprint density at radius 1 is 1.33 bits per heavy atom. The summed E-state index contributed by atoms with van der Waals surface area (Å²) in [4.78, 5) is 44.1. The summed E-state index contributed by atoms with van der Waals surface area (Å²) in [7, 11) is -9.30. The maximum absolute atomic E-state index is 11.6. The number of aromatic nitrogens is 1. The third-order valence-corrected chi connectivity index (χ3v) is 5.67. The van der Waals surface area contributed by atoms with Crippen LogP contribution in [-0.4, -0.2) is 41.2 Å². The molecule has 0 aliphatic rings. The van der Waals surface area contributed by atoms with Gasteiger partial charge >= 0.3 is 15.4 Å². The van der Waals surface area contributed by atoms with Gasteiger partial charge in [0, 0.05) is 23.5 Å². The Hall–Kier alpha value is -1.12. The van der Waals surface area contributed by atoms with E-state index in [4.69, 9.17) is 9.79 Å². The molecule has 0 bridgehead atoms. The predicted octanol–water partition coefficient (Wildman–Crippen LogP) is 1.43. The topological polar surface area (TPSA) is 170 Å². The normalized spacial score (nSPS) is 15.6. The van der Waals surface area contributed by atoms with Crippen molar-refractivity contribution in [3.8, 4) is 5.75 Å². The predicted molar refractivity (Wildman–Crippen MR) is 85.8 cm³/mol. The number of hydrogen-bond acceptors (Lipinski definition) is 6. The summed E-state index contributed by atoms with van der Waals surface area (Å²) in [5, 5.41) is 8.39. The number of phosphoric ester groups is 1. The van der Waals surface area contributed by atoms with Gasteiger partial charge in [0.05, 0.1) is 12.3 Å². The number of hydrogen-bond donors (Lipinski definition) is 5. The van der Waals surface area contributed by atoms with Gasteiger partial charge in [0.1, 0.15) is 5.75 Å². The molecule has 1 aromatic heterocycles. The first-order chi connectivity index (χ1) is 10.8. The van der Waals surface area contributed by atoms with Crippen LogP contribution in [0.15, 0.2) is 11.2 Å². The smallest absolute Gasteiger partial charge is 0.469 e. The number of aliphatic imine (C=N–C) groups is 1. The van der Waals surface area contributed by atoms with Gasteiger partial charge in [-0.15, -0.1) is 0 Å². The Morgan fingerprint density at radius 2 is 1.92 bits per heavy atom. The van der Waals surface area contributed by atoms with Crippen LogP contribution in [0.3, 0.4) is 0 Å². The number of phosphoric acid groups is 1. The lowest BCUT2D eigenvalue weighted by Gasteiger charge is -2.24. The fourth-order valence-corrected chi connectivity index (χ4v) is 2.57. The minimum atomic E-state index is -4.74. The molecule has 0 aliphatic carbocycles. The SMILES string of the molecule is CCC(C)(N=Cc1c(COP(=O)(O)O)cnc(C)c1O)P(=O)(O)O. The molecule has 1 atom stereocenters. The van der Waals surface area contributed by atoms with Crippen molar-refractivity contribution in [3.05, 3.63) is 23.0 Å². The lowest BCUT2D eigenvalue weighted by atomic mass is 10.1. The molecular weight excluding hydrogens is 362 g/mol. The average Bonchev–Trinajstić information content (AvgIpc) is 2.45. The van der Waals surface area contributed by atoms with E-state index in [1.165, 1.54) is 20.0 Å². The van der Waals surface area contributed by atoms with E-state index in [1.54, 1.807) is 6.92 Å². The maximum Gasteiger partial charge on any atom is 0.469 e. The van der Waals surface area contributed by atoms with Gasteiger partial charge in [0.2, 0.25) is 0 Å². The summed E-state index contributed by atoms with van der Waals surface area (Å²) >= 11 is 0. The van der Waals surface area contributed by atoms with Gasteiger partial charge in [-0.3, -0.25) is 19.1 Å². The summed E-state index contributed by atoms with van der Waals surface area (Å²) in [6.07, 6.45) is 2.31. The molecule has 12 heteroatoms. The lowest BCUT2D eigenvalue weighted by Crippen LogP contribution is -2.21.